The van der Waals surface area contributed by atoms with Gasteiger partial charge in [-0.1, -0.05) is 53.5 Å². The van der Waals surface area contributed by atoms with Gasteiger partial charge < -0.3 is 10.1 Å². The summed E-state index contributed by atoms with van der Waals surface area (Å²) >= 11 is 16.6. The Morgan fingerprint density at radius 1 is 1.08 bits per heavy atom. The fourth-order valence-corrected chi connectivity index (χ4v) is 5.04. The molecule has 184 valence electrons. The van der Waals surface area contributed by atoms with E-state index in [0.717, 1.165) is 17.3 Å². The molecule has 0 unspecified atom stereocenters. The fourth-order valence-electron chi connectivity index (χ4n) is 3.32. The normalized spacial score (nSPS) is 14.4. The number of anilines is 1. The van der Waals surface area contributed by atoms with Crippen molar-refractivity contribution in [2.24, 2.45) is 0 Å². The van der Waals surface area contributed by atoms with E-state index in [1.165, 1.54) is 4.90 Å². The zero-order valence-electron chi connectivity index (χ0n) is 18.9. The van der Waals surface area contributed by atoms with Crippen LogP contribution < -0.4 is 10.1 Å². The highest BCUT2D eigenvalue weighted by atomic mass is 79.9. The lowest BCUT2D eigenvalue weighted by atomic mass is 10.2. The van der Waals surface area contributed by atoms with Crippen molar-refractivity contribution in [1.82, 2.24) is 4.90 Å². The first kappa shape index (κ1) is 26.3. The Labute approximate surface area is 230 Å². The molecule has 0 aliphatic carbocycles. The van der Waals surface area contributed by atoms with Crippen LogP contribution in [0, 0.1) is 6.92 Å². The van der Waals surface area contributed by atoms with E-state index >= 15 is 0 Å². The highest BCUT2D eigenvalue weighted by molar-refractivity contribution is 9.10. The molecule has 1 saturated heterocycles. The quantitative estimate of drug-likeness (QED) is 0.286. The summed E-state index contributed by atoms with van der Waals surface area (Å²) in [5, 5.41) is 3.44. The molecule has 36 heavy (non-hydrogen) atoms. The predicted octanol–water partition coefficient (Wildman–Crippen LogP) is 7.32. The van der Waals surface area contributed by atoms with Crippen molar-refractivity contribution in [2.45, 2.75) is 13.5 Å². The highest BCUT2D eigenvalue weighted by Gasteiger charge is 2.35. The molecule has 0 spiro atoms. The summed E-state index contributed by atoms with van der Waals surface area (Å²) in [6.45, 7) is 1.78. The smallest absolute Gasteiger partial charge is 0.293 e. The number of nitrogens with zero attached hydrogens (tertiary/aromatic N) is 1. The Hall–Kier alpha value is -2.78. The van der Waals surface area contributed by atoms with Gasteiger partial charge in [-0.25, -0.2) is 0 Å². The lowest BCUT2D eigenvalue weighted by Gasteiger charge is -2.13. The zero-order valence-corrected chi connectivity index (χ0v) is 22.8. The topological polar surface area (TPSA) is 75.7 Å². The maximum absolute atomic E-state index is 12.8. The van der Waals surface area contributed by atoms with Crippen LogP contribution >= 0.6 is 50.9 Å². The van der Waals surface area contributed by atoms with Gasteiger partial charge in [0.1, 0.15) is 5.75 Å². The predicted molar refractivity (Wildman–Crippen MR) is 147 cm³/mol. The summed E-state index contributed by atoms with van der Waals surface area (Å²) < 4.78 is 6.22. The van der Waals surface area contributed by atoms with Gasteiger partial charge in [-0.2, -0.15) is 0 Å². The van der Waals surface area contributed by atoms with Crippen molar-refractivity contribution in [1.29, 1.82) is 0 Å². The molecule has 10 heteroatoms. The van der Waals surface area contributed by atoms with Gasteiger partial charge in [-0.05, 0) is 87.7 Å². The van der Waals surface area contributed by atoms with Gasteiger partial charge in [0.15, 0.2) is 6.61 Å². The molecular weight excluding hydrogens is 587 g/mol. The lowest BCUT2D eigenvalue weighted by molar-refractivity contribution is -0.123. The summed E-state index contributed by atoms with van der Waals surface area (Å²) in [5.41, 5.74) is 2.88. The van der Waals surface area contributed by atoms with E-state index in [2.05, 4.69) is 21.2 Å². The number of hydrogen-bond donors (Lipinski definition) is 1. The standard InChI is InChI=1S/C26H19BrCl2N2O4S/c1-15-6-8-18(12-21(15)29)30-24(32)14-35-22-9-7-16(10-19(22)27)11-23-25(33)31(26(34)36-23)13-17-4-2-3-5-20(17)28/h2-12H,13-14H2,1H3,(H,30,32)/b23-11-. The van der Waals surface area contributed by atoms with Crippen molar-refractivity contribution < 1.29 is 19.1 Å². The minimum absolute atomic E-state index is 0.106. The van der Waals surface area contributed by atoms with E-state index in [9.17, 15) is 14.4 Å². The third-order valence-electron chi connectivity index (χ3n) is 5.23. The lowest BCUT2D eigenvalue weighted by Crippen LogP contribution is -2.27. The van der Waals surface area contributed by atoms with E-state index in [-0.39, 0.29) is 30.2 Å². The molecule has 6 nitrogen and oxygen atoms in total. The first-order chi connectivity index (χ1) is 17.2. The van der Waals surface area contributed by atoms with Gasteiger partial charge in [-0.15, -0.1) is 0 Å². The molecule has 3 aromatic rings. The van der Waals surface area contributed by atoms with Crippen molar-refractivity contribution in [2.75, 3.05) is 11.9 Å². The second kappa shape index (κ2) is 11.5. The number of thioether (sulfide) groups is 1. The van der Waals surface area contributed by atoms with Crippen molar-refractivity contribution in [3.05, 3.63) is 96.8 Å². The number of rotatable bonds is 7. The summed E-state index contributed by atoms with van der Waals surface area (Å²) in [7, 11) is 0. The fraction of sp³-hybridized carbons (Fsp3) is 0.115. The summed E-state index contributed by atoms with van der Waals surface area (Å²) in [4.78, 5) is 39.0. The van der Waals surface area contributed by atoms with Crippen LogP contribution in [0.4, 0.5) is 10.5 Å². The van der Waals surface area contributed by atoms with Crippen molar-refractivity contribution in [3.8, 4) is 5.75 Å². The molecular formula is C26H19BrCl2N2O4S. The third-order valence-corrected chi connectivity index (χ3v) is 7.53. The summed E-state index contributed by atoms with van der Waals surface area (Å²) in [5.74, 6) is -0.261. The Bertz CT molecular complexity index is 1400. The van der Waals surface area contributed by atoms with E-state index in [1.54, 1.807) is 60.7 Å². The van der Waals surface area contributed by atoms with Crippen LogP contribution in [0.3, 0.4) is 0 Å². The van der Waals surface area contributed by atoms with Crippen molar-refractivity contribution >= 4 is 79.7 Å². The van der Waals surface area contributed by atoms with Gasteiger partial charge in [0.2, 0.25) is 0 Å². The van der Waals surface area contributed by atoms with Crippen LogP contribution in [0.25, 0.3) is 6.08 Å². The summed E-state index contributed by atoms with van der Waals surface area (Å²) in [6.07, 6.45) is 1.64. The molecule has 4 rings (SSSR count). The first-order valence-electron chi connectivity index (χ1n) is 10.7. The molecule has 0 atom stereocenters. The minimum Gasteiger partial charge on any atom is -0.483 e. The number of hydrogen-bond acceptors (Lipinski definition) is 5. The average Bonchev–Trinajstić information content (AvgIpc) is 3.09. The number of ether oxygens (including phenoxy) is 1. The Kier molecular flexibility index (Phi) is 8.41. The van der Waals surface area contributed by atoms with E-state index in [1.807, 2.05) is 13.0 Å². The number of benzene rings is 3. The monoisotopic (exact) mass is 604 g/mol. The molecule has 0 saturated carbocycles. The SMILES string of the molecule is Cc1ccc(NC(=O)COc2ccc(/C=C3\SC(=O)N(Cc4ccccc4Cl)C3=O)cc2Br)cc1Cl. The molecule has 0 aromatic heterocycles. The molecule has 3 amide bonds. The molecule has 0 bridgehead atoms. The summed E-state index contributed by atoms with van der Waals surface area (Å²) in [6, 6.07) is 17.5. The largest absolute Gasteiger partial charge is 0.483 e. The molecule has 1 N–H and O–H groups in total. The van der Waals surface area contributed by atoms with Crippen LogP contribution in [0.1, 0.15) is 16.7 Å². The Morgan fingerprint density at radius 3 is 2.58 bits per heavy atom. The number of halogens is 3. The highest BCUT2D eigenvalue weighted by Crippen LogP contribution is 2.35. The molecule has 3 aromatic carbocycles. The molecule has 1 fully saturated rings. The van der Waals surface area contributed by atoms with Gasteiger partial charge in [0.25, 0.3) is 17.1 Å². The minimum atomic E-state index is -0.380. The van der Waals surface area contributed by atoms with E-state index in [4.69, 9.17) is 27.9 Å². The van der Waals surface area contributed by atoms with Crippen LogP contribution in [0.5, 0.6) is 5.75 Å². The van der Waals surface area contributed by atoms with Crippen LogP contribution in [-0.2, 0) is 16.1 Å². The second-order valence-electron chi connectivity index (χ2n) is 7.85. The number of carbonyl (C=O) groups is 3. The number of nitrogens with one attached hydrogen (secondary N) is 1. The number of amides is 3. The first-order valence-corrected chi connectivity index (χ1v) is 13.0. The maximum atomic E-state index is 12.8. The zero-order chi connectivity index (χ0) is 25.8. The molecule has 1 aliphatic heterocycles. The second-order valence-corrected chi connectivity index (χ2v) is 10.5. The van der Waals surface area contributed by atoms with Gasteiger partial charge >= 0.3 is 0 Å². The Balaban J connectivity index is 1.39. The van der Waals surface area contributed by atoms with Gasteiger partial charge in [0.05, 0.1) is 15.9 Å². The van der Waals surface area contributed by atoms with Crippen LogP contribution in [0.15, 0.2) is 70.0 Å². The number of aryl methyl sites for hydroxylation is 1. The molecule has 1 aliphatic rings. The van der Waals surface area contributed by atoms with E-state index < -0.39 is 0 Å². The van der Waals surface area contributed by atoms with Gasteiger partial charge in [0, 0.05) is 15.7 Å². The molecule has 1 heterocycles. The van der Waals surface area contributed by atoms with Crippen LogP contribution in [0.2, 0.25) is 10.0 Å². The van der Waals surface area contributed by atoms with Crippen molar-refractivity contribution in [3.63, 3.8) is 0 Å². The Morgan fingerprint density at radius 2 is 1.86 bits per heavy atom. The third kappa shape index (κ3) is 6.31. The number of imide groups is 1. The van der Waals surface area contributed by atoms with Gasteiger partial charge in [-0.3, -0.25) is 19.3 Å². The average molecular weight is 606 g/mol. The maximum Gasteiger partial charge on any atom is 0.293 e. The van der Waals surface area contributed by atoms with Crippen LogP contribution in [-0.4, -0.2) is 28.6 Å². The number of carbonyl (C=O) groups excluding carboxylic acids is 3. The van der Waals surface area contributed by atoms with E-state index in [0.29, 0.717) is 42.0 Å². The molecule has 0 radical (unpaired) electrons.